The maximum absolute atomic E-state index is 5.08. The van der Waals surface area contributed by atoms with E-state index in [0.717, 1.165) is 17.9 Å². The maximum Gasteiger partial charge on any atom is 0.224 e. The molecular weight excluding hydrogens is 242 g/mol. The van der Waals surface area contributed by atoms with Crippen molar-refractivity contribution in [2.45, 2.75) is 13.5 Å². The molecule has 2 N–H and O–H groups in total. The van der Waals surface area contributed by atoms with E-state index in [1.165, 1.54) is 0 Å². The fourth-order valence-corrected chi connectivity index (χ4v) is 1.57. The summed E-state index contributed by atoms with van der Waals surface area (Å²) in [4.78, 5) is 12.5. The predicted molar refractivity (Wildman–Crippen MR) is 74.3 cm³/mol. The van der Waals surface area contributed by atoms with Gasteiger partial charge in [0.2, 0.25) is 11.8 Å². The highest BCUT2D eigenvalue weighted by molar-refractivity contribution is 5.40. The Hall–Kier alpha value is -2.37. The van der Waals surface area contributed by atoms with Crippen LogP contribution in [0.5, 0.6) is 5.88 Å². The Kier molecular flexibility index (Phi) is 4.49. The summed E-state index contributed by atoms with van der Waals surface area (Å²) in [5.74, 6) is 2.01. The van der Waals surface area contributed by atoms with Gasteiger partial charge in [0.25, 0.3) is 0 Å². The van der Waals surface area contributed by atoms with Gasteiger partial charge in [0, 0.05) is 31.5 Å². The minimum Gasteiger partial charge on any atom is -0.481 e. The van der Waals surface area contributed by atoms with E-state index in [0.29, 0.717) is 18.4 Å². The minimum absolute atomic E-state index is 0.607. The molecule has 0 aliphatic carbocycles. The normalized spacial score (nSPS) is 10.0. The molecule has 0 saturated carbocycles. The summed E-state index contributed by atoms with van der Waals surface area (Å²) in [5, 5.41) is 6.31. The van der Waals surface area contributed by atoms with Crippen molar-refractivity contribution in [3.63, 3.8) is 0 Å². The molecule has 6 nitrogen and oxygen atoms in total. The van der Waals surface area contributed by atoms with Crippen molar-refractivity contribution in [3.05, 3.63) is 36.2 Å². The highest BCUT2D eigenvalue weighted by Gasteiger charge is 2.00. The van der Waals surface area contributed by atoms with E-state index < -0.39 is 0 Å². The molecule has 100 valence electrons. The fourth-order valence-electron chi connectivity index (χ4n) is 1.57. The second kappa shape index (κ2) is 6.53. The monoisotopic (exact) mass is 259 g/mol. The average Bonchev–Trinajstić information content (AvgIpc) is 2.46. The van der Waals surface area contributed by atoms with Crippen LogP contribution in [0.1, 0.15) is 12.5 Å². The first-order valence-electron chi connectivity index (χ1n) is 6.11. The van der Waals surface area contributed by atoms with Crippen LogP contribution in [0.2, 0.25) is 0 Å². The van der Waals surface area contributed by atoms with Crippen LogP contribution in [0.4, 0.5) is 11.8 Å². The Morgan fingerprint density at radius 3 is 2.79 bits per heavy atom. The first kappa shape index (κ1) is 13.1. The number of nitrogens with zero attached hydrogens (tertiary/aromatic N) is 3. The number of ether oxygens (including phenoxy) is 1. The lowest BCUT2D eigenvalue weighted by Crippen LogP contribution is -2.06. The zero-order valence-electron chi connectivity index (χ0n) is 11.1. The van der Waals surface area contributed by atoms with Gasteiger partial charge in [0.1, 0.15) is 5.82 Å². The zero-order valence-corrected chi connectivity index (χ0v) is 11.1. The Bertz CT molecular complexity index is 532. The molecule has 0 unspecified atom stereocenters. The fraction of sp³-hybridized carbons (Fsp3) is 0.308. The van der Waals surface area contributed by atoms with E-state index in [2.05, 4.69) is 25.6 Å². The molecule has 0 aromatic carbocycles. The van der Waals surface area contributed by atoms with E-state index in [-0.39, 0.29) is 0 Å². The highest BCUT2D eigenvalue weighted by atomic mass is 16.5. The third-order valence-corrected chi connectivity index (χ3v) is 2.47. The van der Waals surface area contributed by atoms with Gasteiger partial charge in [-0.1, -0.05) is 0 Å². The van der Waals surface area contributed by atoms with Crippen LogP contribution in [0.3, 0.4) is 0 Å². The van der Waals surface area contributed by atoms with Crippen molar-refractivity contribution in [1.82, 2.24) is 15.0 Å². The largest absolute Gasteiger partial charge is 0.481 e. The summed E-state index contributed by atoms with van der Waals surface area (Å²) in [5.41, 5.74) is 1.08. The molecule has 2 rings (SSSR count). The smallest absolute Gasteiger partial charge is 0.224 e. The first-order valence-corrected chi connectivity index (χ1v) is 6.11. The number of hydrogen-bond acceptors (Lipinski definition) is 6. The van der Waals surface area contributed by atoms with Crippen LogP contribution in [-0.4, -0.2) is 28.6 Å². The number of aromatic nitrogens is 3. The molecule has 2 aromatic heterocycles. The van der Waals surface area contributed by atoms with Crippen LogP contribution in [0.15, 0.2) is 30.6 Å². The van der Waals surface area contributed by atoms with E-state index >= 15 is 0 Å². The predicted octanol–water partition coefficient (Wildman–Crippen LogP) is 1.92. The zero-order chi connectivity index (χ0) is 13.5. The molecule has 6 heteroatoms. The van der Waals surface area contributed by atoms with Gasteiger partial charge in [-0.25, -0.2) is 9.97 Å². The van der Waals surface area contributed by atoms with Crippen molar-refractivity contribution in [2.75, 3.05) is 24.3 Å². The Morgan fingerprint density at radius 2 is 2.00 bits per heavy atom. The molecule has 2 heterocycles. The summed E-state index contributed by atoms with van der Waals surface area (Å²) in [7, 11) is 1.60. The van der Waals surface area contributed by atoms with Crippen LogP contribution in [0, 0.1) is 0 Å². The lowest BCUT2D eigenvalue weighted by molar-refractivity contribution is 0.397. The van der Waals surface area contributed by atoms with Gasteiger partial charge in [-0.15, -0.1) is 0 Å². The molecule has 0 saturated heterocycles. The van der Waals surface area contributed by atoms with E-state index in [9.17, 15) is 0 Å². The van der Waals surface area contributed by atoms with Crippen molar-refractivity contribution < 1.29 is 4.74 Å². The van der Waals surface area contributed by atoms with Crippen LogP contribution < -0.4 is 15.4 Å². The summed E-state index contributed by atoms with van der Waals surface area (Å²) in [6.07, 6.45) is 3.44. The van der Waals surface area contributed by atoms with Crippen molar-refractivity contribution in [2.24, 2.45) is 0 Å². The second-order valence-corrected chi connectivity index (χ2v) is 3.86. The number of hydrogen-bond donors (Lipinski definition) is 2. The Morgan fingerprint density at radius 1 is 1.16 bits per heavy atom. The van der Waals surface area contributed by atoms with Gasteiger partial charge in [-0.2, -0.15) is 4.98 Å². The standard InChI is InChI=1S/C13H17N5O/c1-3-14-13-16-7-5-11(18-13)17-9-10-4-6-15-12(8-10)19-2/h4-8H,3,9H2,1-2H3,(H2,14,16,17,18). The number of pyridine rings is 1. The molecule has 2 aromatic rings. The lowest BCUT2D eigenvalue weighted by atomic mass is 10.2. The molecule has 0 spiro atoms. The molecular formula is C13H17N5O. The lowest BCUT2D eigenvalue weighted by Gasteiger charge is -2.08. The summed E-state index contributed by atoms with van der Waals surface area (Å²) >= 11 is 0. The molecule has 0 fully saturated rings. The number of nitrogens with one attached hydrogen (secondary N) is 2. The molecule has 19 heavy (non-hydrogen) atoms. The van der Waals surface area contributed by atoms with Crippen LogP contribution in [0.25, 0.3) is 0 Å². The maximum atomic E-state index is 5.08. The SMILES string of the molecule is CCNc1nccc(NCc2ccnc(OC)c2)n1. The average molecular weight is 259 g/mol. The van der Waals surface area contributed by atoms with Crippen molar-refractivity contribution >= 4 is 11.8 Å². The van der Waals surface area contributed by atoms with E-state index in [1.54, 1.807) is 19.5 Å². The van der Waals surface area contributed by atoms with Crippen molar-refractivity contribution in [3.8, 4) is 5.88 Å². The topological polar surface area (TPSA) is 72.0 Å². The van der Waals surface area contributed by atoms with E-state index in [1.807, 2.05) is 25.1 Å². The molecule has 0 bridgehead atoms. The Balaban J connectivity index is 1.99. The van der Waals surface area contributed by atoms with Gasteiger partial charge >= 0.3 is 0 Å². The van der Waals surface area contributed by atoms with Crippen LogP contribution in [-0.2, 0) is 6.54 Å². The Labute approximate surface area is 112 Å². The van der Waals surface area contributed by atoms with E-state index in [4.69, 9.17) is 4.74 Å². The van der Waals surface area contributed by atoms with Crippen molar-refractivity contribution in [1.29, 1.82) is 0 Å². The van der Waals surface area contributed by atoms with Gasteiger partial charge in [-0.05, 0) is 24.6 Å². The number of anilines is 2. The van der Waals surface area contributed by atoms with Gasteiger partial charge in [-0.3, -0.25) is 0 Å². The quantitative estimate of drug-likeness (QED) is 0.826. The van der Waals surface area contributed by atoms with Gasteiger partial charge in [0.05, 0.1) is 7.11 Å². The molecule has 0 radical (unpaired) electrons. The van der Waals surface area contributed by atoms with Gasteiger partial charge in [0.15, 0.2) is 0 Å². The third-order valence-electron chi connectivity index (χ3n) is 2.47. The van der Waals surface area contributed by atoms with Gasteiger partial charge < -0.3 is 15.4 Å². The van der Waals surface area contributed by atoms with Crippen LogP contribution >= 0.6 is 0 Å². The second-order valence-electron chi connectivity index (χ2n) is 3.86. The summed E-state index contributed by atoms with van der Waals surface area (Å²) in [6.45, 7) is 3.46. The number of rotatable bonds is 6. The third kappa shape index (κ3) is 3.80. The molecule has 0 aliphatic rings. The molecule has 0 atom stereocenters. The summed E-state index contributed by atoms with van der Waals surface area (Å²) < 4.78 is 5.08. The first-order chi connectivity index (χ1) is 9.31. The minimum atomic E-state index is 0.607. The molecule has 0 aliphatic heterocycles. The highest BCUT2D eigenvalue weighted by Crippen LogP contribution is 2.11. The summed E-state index contributed by atoms with van der Waals surface area (Å²) in [6, 6.07) is 5.65. The molecule has 0 amide bonds. The number of methoxy groups -OCH3 is 1.